The highest BCUT2D eigenvalue weighted by atomic mass is 16.8. The molecule has 0 saturated carbocycles. The van der Waals surface area contributed by atoms with Crippen LogP contribution in [-0.4, -0.2) is 54.2 Å². The van der Waals surface area contributed by atoms with Crippen LogP contribution < -0.4 is 0 Å². The Morgan fingerprint density at radius 2 is 1.75 bits per heavy atom. The van der Waals surface area contributed by atoms with E-state index >= 15 is 0 Å². The Morgan fingerprint density at radius 1 is 1.19 bits per heavy atom. The number of ether oxygens (including phenoxy) is 4. The van der Waals surface area contributed by atoms with Crippen LogP contribution >= 0.6 is 0 Å². The summed E-state index contributed by atoms with van der Waals surface area (Å²) >= 11 is 0. The van der Waals surface area contributed by atoms with Gasteiger partial charge in [0.1, 0.15) is 18.3 Å². The first-order valence-corrected chi connectivity index (χ1v) is 5.16. The summed E-state index contributed by atoms with van der Waals surface area (Å²) in [4.78, 5) is 0. The standard InChI is InChI=1S/C10H18O5.H2O/c1-5-7-8(15-10(2,3)14-7)6(11)9(12-4)13-5;/h5-9,11H,1-4H3;1H2/t5-,6-,7+,8-,9-;/m1./s1. The van der Waals surface area contributed by atoms with Gasteiger partial charge in [0.25, 0.3) is 0 Å². The lowest BCUT2D eigenvalue weighted by Gasteiger charge is -2.37. The molecule has 2 fully saturated rings. The molecule has 0 radical (unpaired) electrons. The average molecular weight is 236 g/mol. The zero-order valence-electron chi connectivity index (χ0n) is 9.97. The second kappa shape index (κ2) is 4.56. The molecule has 0 amide bonds. The van der Waals surface area contributed by atoms with Crippen LogP contribution in [0.1, 0.15) is 20.8 Å². The fraction of sp³-hybridized carbons (Fsp3) is 1.00. The molecule has 96 valence electrons. The number of hydrogen-bond donors (Lipinski definition) is 1. The average Bonchev–Trinajstić information content (AvgIpc) is 2.48. The van der Waals surface area contributed by atoms with Crippen molar-refractivity contribution < 1.29 is 29.5 Å². The largest absolute Gasteiger partial charge is 0.412 e. The number of rotatable bonds is 1. The molecule has 2 aliphatic rings. The summed E-state index contributed by atoms with van der Waals surface area (Å²) in [6.45, 7) is 5.54. The van der Waals surface area contributed by atoms with Gasteiger partial charge in [-0.3, -0.25) is 0 Å². The van der Waals surface area contributed by atoms with Crippen molar-refractivity contribution in [2.75, 3.05) is 7.11 Å². The summed E-state index contributed by atoms with van der Waals surface area (Å²) in [6, 6.07) is 0. The minimum absolute atomic E-state index is 0. The van der Waals surface area contributed by atoms with Gasteiger partial charge in [-0.25, -0.2) is 0 Å². The number of fused-ring (bicyclic) bond motifs is 1. The molecular formula is C10H20O6. The quantitative estimate of drug-likeness (QED) is 0.659. The first-order chi connectivity index (χ1) is 6.94. The van der Waals surface area contributed by atoms with E-state index in [1.807, 2.05) is 20.8 Å². The minimum Gasteiger partial charge on any atom is -0.412 e. The summed E-state index contributed by atoms with van der Waals surface area (Å²) < 4.78 is 21.8. The Labute approximate surface area is 94.7 Å². The molecule has 6 nitrogen and oxygen atoms in total. The van der Waals surface area contributed by atoms with E-state index in [-0.39, 0.29) is 23.8 Å². The third kappa shape index (κ3) is 2.22. The summed E-state index contributed by atoms with van der Waals surface area (Å²) in [5.41, 5.74) is 0. The number of aliphatic hydroxyl groups excluding tert-OH is 1. The summed E-state index contributed by atoms with van der Waals surface area (Å²) in [6.07, 6.45) is -2.21. The Balaban J connectivity index is 0.00000128. The van der Waals surface area contributed by atoms with E-state index in [1.165, 1.54) is 7.11 Å². The van der Waals surface area contributed by atoms with Gasteiger partial charge in [-0.1, -0.05) is 0 Å². The highest BCUT2D eigenvalue weighted by Gasteiger charge is 2.53. The lowest BCUT2D eigenvalue weighted by atomic mass is 10.0. The zero-order valence-corrected chi connectivity index (χ0v) is 9.97. The van der Waals surface area contributed by atoms with E-state index in [2.05, 4.69) is 0 Å². The predicted molar refractivity (Wildman–Crippen MR) is 54.8 cm³/mol. The number of hydrogen-bond acceptors (Lipinski definition) is 5. The first kappa shape index (κ1) is 13.8. The van der Waals surface area contributed by atoms with Crippen molar-refractivity contribution in [2.24, 2.45) is 0 Å². The molecule has 5 atom stereocenters. The van der Waals surface area contributed by atoms with Crippen LogP contribution in [0.25, 0.3) is 0 Å². The maximum absolute atomic E-state index is 9.93. The van der Waals surface area contributed by atoms with Gasteiger partial charge >= 0.3 is 0 Å². The molecule has 0 unspecified atom stereocenters. The summed E-state index contributed by atoms with van der Waals surface area (Å²) in [5, 5.41) is 9.93. The van der Waals surface area contributed by atoms with Gasteiger partial charge in [0.15, 0.2) is 12.1 Å². The van der Waals surface area contributed by atoms with Crippen molar-refractivity contribution in [1.29, 1.82) is 0 Å². The van der Waals surface area contributed by atoms with Crippen molar-refractivity contribution in [3.8, 4) is 0 Å². The zero-order chi connectivity index (χ0) is 11.2. The van der Waals surface area contributed by atoms with Crippen molar-refractivity contribution in [2.45, 2.75) is 57.3 Å². The van der Waals surface area contributed by atoms with Crippen LogP contribution in [0.15, 0.2) is 0 Å². The van der Waals surface area contributed by atoms with Gasteiger partial charge in [0.2, 0.25) is 0 Å². The van der Waals surface area contributed by atoms with Crippen LogP contribution in [0.2, 0.25) is 0 Å². The molecule has 6 heteroatoms. The van der Waals surface area contributed by atoms with Crippen molar-refractivity contribution in [1.82, 2.24) is 0 Å². The molecule has 0 spiro atoms. The van der Waals surface area contributed by atoms with E-state index in [1.54, 1.807) is 0 Å². The van der Waals surface area contributed by atoms with Crippen molar-refractivity contribution >= 4 is 0 Å². The monoisotopic (exact) mass is 236 g/mol. The summed E-state index contributed by atoms with van der Waals surface area (Å²) in [5.74, 6) is -0.670. The van der Waals surface area contributed by atoms with Gasteiger partial charge in [-0.2, -0.15) is 0 Å². The Bertz CT molecular complexity index is 243. The smallest absolute Gasteiger partial charge is 0.186 e. The number of aliphatic hydroxyl groups is 1. The highest BCUT2D eigenvalue weighted by Crippen LogP contribution is 2.37. The molecule has 2 rings (SSSR count). The van der Waals surface area contributed by atoms with Crippen LogP contribution in [0.4, 0.5) is 0 Å². The Hall–Kier alpha value is -0.240. The van der Waals surface area contributed by atoms with Crippen molar-refractivity contribution in [3.63, 3.8) is 0 Å². The van der Waals surface area contributed by atoms with Crippen molar-refractivity contribution in [3.05, 3.63) is 0 Å². The van der Waals surface area contributed by atoms with E-state index < -0.39 is 18.2 Å². The third-order valence-corrected chi connectivity index (χ3v) is 2.82. The lowest BCUT2D eigenvalue weighted by molar-refractivity contribution is -0.265. The minimum atomic E-state index is -0.807. The molecule has 0 aromatic rings. The van der Waals surface area contributed by atoms with Gasteiger partial charge in [0, 0.05) is 7.11 Å². The fourth-order valence-electron chi connectivity index (χ4n) is 2.16. The lowest BCUT2D eigenvalue weighted by Crippen LogP contribution is -2.55. The molecule has 0 bridgehead atoms. The Kier molecular flexibility index (Phi) is 3.94. The van der Waals surface area contributed by atoms with Crippen LogP contribution in [0.3, 0.4) is 0 Å². The molecule has 2 aliphatic heterocycles. The molecule has 16 heavy (non-hydrogen) atoms. The molecule has 3 N–H and O–H groups in total. The molecule has 2 heterocycles. The van der Waals surface area contributed by atoms with E-state index in [0.717, 1.165) is 0 Å². The second-order valence-electron chi connectivity index (χ2n) is 4.50. The van der Waals surface area contributed by atoms with Gasteiger partial charge in [0.05, 0.1) is 6.10 Å². The fourth-order valence-corrected chi connectivity index (χ4v) is 2.16. The normalized spacial score (nSPS) is 45.9. The van der Waals surface area contributed by atoms with Crippen LogP contribution in [0.5, 0.6) is 0 Å². The maximum Gasteiger partial charge on any atom is 0.186 e. The predicted octanol–water partition coefficient (Wildman–Crippen LogP) is -0.566. The van der Waals surface area contributed by atoms with E-state index in [9.17, 15) is 5.11 Å². The van der Waals surface area contributed by atoms with E-state index in [4.69, 9.17) is 18.9 Å². The Morgan fingerprint density at radius 3 is 2.31 bits per heavy atom. The molecule has 0 aliphatic carbocycles. The third-order valence-electron chi connectivity index (χ3n) is 2.82. The topological polar surface area (TPSA) is 88.7 Å². The number of methoxy groups -OCH3 is 1. The molecular weight excluding hydrogens is 216 g/mol. The van der Waals surface area contributed by atoms with Crippen LogP contribution in [-0.2, 0) is 18.9 Å². The van der Waals surface area contributed by atoms with Gasteiger partial charge in [-0.15, -0.1) is 0 Å². The SMILES string of the molecule is CO[C@@H]1O[C@H](C)[C@@H]2OC(C)(C)O[C@@H]2[C@H]1O.O. The highest BCUT2D eigenvalue weighted by molar-refractivity contribution is 4.94. The first-order valence-electron chi connectivity index (χ1n) is 5.16. The maximum atomic E-state index is 9.93. The van der Waals surface area contributed by atoms with Gasteiger partial charge in [-0.05, 0) is 20.8 Å². The van der Waals surface area contributed by atoms with E-state index in [0.29, 0.717) is 0 Å². The van der Waals surface area contributed by atoms with Gasteiger partial charge < -0.3 is 29.5 Å². The molecule has 2 saturated heterocycles. The molecule has 0 aromatic heterocycles. The summed E-state index contributed by atoms with van der Waals surface area (Å²) in [7, 11) is 1.50. The second-order valence-corrected chi connectivity index (χ2v) is 4.50. The molecule has 0 aromatic carbocycles. The van der Waals surface area contributed by atoms with Crippen LogP contribution in [0, 0.1) is 0 Å².